The molecule has 0 aliphatic rings. The van der Waals surface area contributed by atoms with Crippen molar-refractivity contribution < 1.29 is 9.53 Å². The fourth-order valence-electron chi connectivity index (χ4n) is 2.42. The molecule has 1 aromatic carbocycles. The summed E-state index contributed by atoms with van der Waals surface area (Å²) in [7, 11) is 0. The molecule has 21 heavy (non-hydrogen) atoms. The van der Waals surface area contributed by atoms with Gasteiger partial charge in [0.2, 0.25) is 0 Å². The number of hydrogen-bond donors (Lipinski definition) is 1. The van der Waals surface area contributed by atoms with Gasteiger partial charge in [-0.05, 0) is 26.3 Å². The Labute approximate surface area is 124 Å². The summed E-state index contributed by atoms with van der Waals surface area (Å²) in [5.41, 5.74) is 9.58. The Hall–Kier alpha value is -2.14. The Balaban J connectivity index is 2.27. The van der Waals surface area contributed by atoms with Crippen molar-refractivity contribution >= 4 is 5.97 Å². The van der Waals surface area contributed by atoms with Crippen molar-refractivity contribution in [3.8, 4) is 0 Å². The summed E-state index contributed by atoms with van der Waals surface area (Å²) in [6.07, 6.45) is 0. The van der Waals surface area contributed by atoms with E-state index in [0.29, 0.717) is 13.2 Å². The molecule has 0 aliphatic carbocycles. The number of nitrogens with zero attached hydrogens (tertiary/aromatic N) is 2. The molecule has 1 aromatic heterocycles. The summed E-state index contributed by atoms with van der Waals surface area (Å²) in [6.45, 7) is 6.54. The molecular formula is C16H21N3O2. The number of benzene rings is 1. The Bertz CT molecular complexity index is 620. The highest BCUT2D eigenvalue weighted by molar-refractivity contribution is 5.78. The fraction of sp³-hybridized carbons (Fsp3) is 0.375. The zero-order chi connectivity index (χ0) is 15.4. The highest BCUT2D eigenvalue weighted by Gasteiger charge is 2.24. The second-order valence-corrected chi connectivity index (χ2v) is 4.96. The highest BCUT2D eigenvalue weighted by Crippen LogP contribution is 2.21. The predicted molar refractivity (Wildman–Crippen MR) is 80.8 cm³/mol. The van der Waals surface area contributed by atoms with Gasteiger partial charge in [0, 0.05) is 11.3 Å². The van der Waals surface area contributed by atoms with Crippen LogP contribution in [-0.2, 0) is 16.1 Å². The van der Waals surface area contributed by atoms with E-state index in [1.807, 2.05) is 48.9 Å². The Morgan fingerprint density at radius 2 is 2.00 bits per heavy atom. The minimum atomic E-state index is -0.783. The van der Waals surface area contributed by atoms with E-state index in [9.17, 15) is 4.79 Å². The Kier molecular flexibility index (Phi) is 4.75. The number of ether oxygens (including phenoxy) is 1. The molecule has 0 amide bonds. The van der Waals surface area contributed by atoms with Gasteiger partial charge in [0.25, 0.3) is 0 Å². The van der Waals surface area contributed by atoms with Crippen molar-refractivity contribution in [2.24, 2.45) is 5.73 Å². The number of nitrogens with two attached hydrogens (primary N) is 1. The SMILES string of the molecule is CCOC(=O)[C@H](N)c1c(C)nn(Cc2ccccc2)c1C. The van der Waals surface area contributed by atoms with Gasteiger partial charge in [-0.15, -0.1) is 0 Å². The number of hydrogen-bond acceptors (Lipinski definition) is 4. The summed E-state index contributed by atoms with van der Waals surface area (Å²) in [6, 6.07) is 9.27. The van der Waals surface area contributed by atoms with Crippen LogP contribution in [0.15, 0.2) is 30.3 Å². The van der Waals surface area contributed by atoms with Crippen molar-refractivity contribution in [2.75, 3.05) is 6.61 Å². The van der Waals surface area contributed by atoms with E-state index in [1.54, 1.807) is 6.92 Å². The van der Waals surface area contributed by atoms with Crippen molar-refractivity contribution in [3.05, 3.63) is 52.8 Å². The number of carbonyl (C=O) groups is 1. The van der Waals surface area contributed by atoms with Crippen molar-refractivity contribution in [1.82, 2.24) is 9.78 Å². The van der Waals surface area contributed by atoms with Crippen LogP contribution in [0.5, 0.6) is 0 Å². The summed E-state index contributed by atoms with van der Waals surface area (Å²) in [5.74, 6) is -0.414. The molecule has 5 heteroatoms. The molecule has 0 fully saturated rings. The molecule has 0 aliphatic heterocycles. The smallest absolute Gasteiger partial charge is 0.327 e. The van der Waals surface area contributed by atoms with Crippen LogP contribution in [0.1, 0.15) is 35.5 Å². The first kappa shape index (κ1) is 15.3. The van der Waals surface area contributed by atoms with Crippen LogP contribution >= 0.6 is 0 Å². The largest absolute Gasteiger partial charge is 0.465 e. The van der Waals surface area contributed by atoms with E-state index in [1.165, 1.54) is 0 Å². The van der Waals surface area contributed by atoms with Crippen LogP contribution < -0.4 is 5.73 Å². The van der Waals surface area contributed by atoms with Gasteiger partial charge in [-0.25, -0.2) is 4.79 Å². The quantitative estimate of drug-likeness (QED) is 0.855. The number of rotatable bonds is 5. The van der Waals surface area contributed by atoms with E-state index < -0.39 is 12.0 Å². The van der Waals surface area contributed by atoms with Gasteiger partial charge in [-0.1, -0.05) is 30.3 Å². The zero-order valence-corrected chi connectivity index (χ0v) is 12.7. The average Bonchev–Trinajstić information content (AvgIpc) is 2.74. The van der Waals surface area contributed by atoms with Crippen LogP contribution in [-0.4, -0.2) is 22.4 Å². The zero-order valence-electron chi connectivity index (χ0n) is 12.7. The number of esters is 1. The first-order valence-corrected chi connectivity index (χ1v) is 7.04. The second-order valence-electron chi connectivity index (χ2n) is 4.96. The molecule has 0 unspecified atom stereocenters. The Morgan fingerprint density at radius 3 is 2.62 bits per heavy atom. The lowest BCUT2D eigenvalue weighted by Crippen LogP contribution is -2.25. The molecule has 1 heterocycles. The molecule has 0 radical (unpaired) electrons. The molecule has 0 saturated carbocycles. The lowest BCUT2D eigenvalue weighted by atomic mass is 10.1. The third-order valence-corrected chi connectivity index (χ3v) is 3.46. The van der Waals surface area contributed by atoms with Crippen LogP contribution in [0.25, 0.3) is 0 Å². The van der Waals surface area contributed by atoms with E-state index in [-0.39, 0.29) is 0 Å². The lowest BCUT2D eigenvalue weighted by molar-refractivity contribution is -0.144. The van der Waals surface area contributed by atoms with Crippen LogP contribution in [0.4, 0.5) is 0 Å². The van der Waals surface area contributed by atoms with E-state index in [4.69, 9.17) is 10.5 Å². The molecular weight excluding hydrogens is 266 g/mol. The minimum absolute atomic E-state index is 0.322. The van der Waals surface area contributed by atoms with Gasteiger partial charge >= 0.3 is 5.97 Å². The summed E-state index contributed by atoms with van der Waals surface area (Å²) in [5, 5.41) is 4.50. The molecule has 0 saturated heterocycles. The van der Waals surface area contributed by atoms with Gasteiger partial charge in [0.15, 0.2) is 0 Å². The van der Waals surface area contributed by atoms with Crippen LogP contribution in [0, 0.1) is 13.8 Å². The maximum absolute atomic E-state index is 11.8. The highest BCUT2D eigenvalue weighted by atomic mass is 16.5. The summed E-state index contributed by atoms with van der Waals surface area (Å²) < 4.78 is 6.87. The maximum Gasteiger partial charge on any atom is 0.327 e. The normalized spacial score (nSPS) is 12.2. The molecule has 2 aromatic rings. The topological polar surface area (TPSA) is 70.1 Å². The third kappa shape index (κ3) is 3.31. The second kappa shape index (κ2) is 6.54. The summed E-state index contributed by atoms with van der Waals surface area (Å²) in [4.78, 5) is 11.8. The van der Waals surface area contributed by atoms with E-state index >= 15 is 0 Å². The minimum Gasteiger partial charge on any atom is -0.465 e. The van der Waals surface area contributed by atoms with Crippen LogP contribution in [0.2, 0.25) is 0 Å². The molecule has 0 spiro atoms. The number of carbonyl (C=O) groups excluding carboxylic acids is 1. The summed E-state index contributed by atoms with van der Waals surface area (Å²) >= 11 is 0. The molecule has 2 N–H and O–H groups in total. The van der Waals surface area contributed by atoms with Gasteiger partial charge in [0.1, 0.15) is 6.04 Å². The number of aryl methyl sites for hydroxylation is 1. The first-order valence-electron chi connectivity index (χ1n) is 7.04. The van der Waals surface area contributed by atoms with Crippen molar-refractivity contribution in [3.63, 3.8) is 0 Å². The molecule has 5 nitrogen and oxygen atoms in total. The molecule has 112 valence electrons. The molecule has 1 atom stereocenters. The maximum atomic E-state index is 11.8. The van der Waals surface area contributed by atoms with E-state index in [0.717, 1.165) is 22.5 Å². The van der Waals surface area contributed by atoms with Crippen LogP contribution in [0.3, 0.4) is 0 Å². The third-order valence-electron chi connectivity index (χ3n) is 3.46. The van der Waals surface area contributed by atoms with Crippen molar-refractivity contribution in [2.45, 2.75) is 33.4 Å². The van der Waals surface area contributed by atoms with Crippen molar-refractivity contribution in [1.29, 1.82) is 0 Å². The van der Waals surface area contributed by atoms with Gasteiger partial charge in [-0.3, -0.25) is 4.68 Å². The first-order chi connectivity index (χ1) is 10.0. The predicted octanol–water partition coefficient (Wildman–Crippen LogP) is 2.11. The number of aromatic nitrogens is 2. The lowest BCUT2D eigenvalue weighted by Gasteiger charge is -2.11. The Morgan fingerprint density at radius 1 is 1.33 bits per heavy atom. The average molecular weight is 287 g/mol. The van der Waals surface area contributed by atoms with Gasteiger partial charge < -0.3 is 10.5 Å². The molecule has 2 rings (SSSR count). The van der Waals surface area contributed by atoms with Gasteiger partial charge in [-0.2, -0.15) is 5.10 Å². The molecule has 0 bridgehead atoms. The van der Waals surface area contributed by atoms with E-state index in [2.05, 4.69) is 5.10 Å². The fourth-order valence-corrected chi connectivity index (χ4v) is 2.42. The monoisotopic (exact) mass is 287 g/mol. The van der Waals surface area contributed by atoms with Gasteiger partial charge in [0.05, 0.1) is 18.8 Å². The standard InChI is InChI=1S/C16H21N3O2/c1-4-21-16(20)15(17)14-11(2)18-19(12(14)3)10-13-8-6-5-7-9-13/h5-9,15H,4,10,17H2,1-3H3/t15-/m1/s1.